The van der Waals surface area contributed by atoms with Crippen molar-refractivity contribution < 1.29 is 14.4 Å². The minimum absolute atomic E-state index is 0.0937. The first-order valence-corrected chi connectivity index (χ1v) is 8.93. The number of carbonyl (C=O) groups is 3. The SMILES string of the molecule is C=C[C@]1(C)C(=O)C[C@H]2C(=O)[C@]1(C=O)c1cccc3c1c(cn3C)C2(C)C. The first kappa shape index (κ1) is 17.0. The summed E-state index contributed by atoms with van der Waals surface area (Å²) in [7, 11) is 1.97. The number of aryl methyl sites for hydroxylation is 1. The third-order valence-electron chi connectivity index (χ3n) is 7.08. The van der Waals surface area contributed by atoms with Gasteiger partial charge in [-0.05, 0) is 24.1 Å². The van der Waals surface area contributed by atoms with Gasteiger partial charge < -0.3 is 9.36 Å². The molecule has 0 unspecified atom stereocenters. The van der Waals surface area contributed by atoms with Crippen molar-refractivity contribution >= 4 is 28.8 Å². The van der Waals surface area contributed by atoms with E-state index in [1.54, 1.807) is 6.92 Å². The van der Waals surface area contributed by atoms with Crippen LogP contribution in [0.1, 0.15) is 38.3 Å². The maximum absolute atomic E-state index is 13.8. The van der Waals surface area contributed by atoms with Gasteiger partial charge in [0, 0.05) is 41.9 Å². The molecule has 1 aromatic heterocycles. The molecular weight excluding hydrogens is 326 g/mol. The Kier molecular flexibility index (Phi) is 3.14. The largest absolute Gasteiger partial charge is 0.350 e. The van der Waals surface area contributed by atoms with E-state index in [1.165, 1.54) is 6.08 Å². The Balaban J connectivity index is 2.29. The standard InChI is InChI=1S/C22H23NO3/c1-6-21(4)17(25)10-14-19(26)22(21,12-24)13-8-7-9-16-18(13)15(11-23(16)5)20(14,2)3/h6-9,11-12,14H,1,10H2,2-5H3/t14-,21+,22-/m0/s1. The number of rotatable bonds is 2. The fraction of sp³-hybridized carbons (Fsp3) is 0.409. The van der Waals surface area contributed by atoms with Gasteiger partial charge in [0.2, 0.25) is 0 Å². The highest BCUT2D eigenvalue weighted by molar-refractivity contribution is 6.19. The van der Waals surface area contributed by atoms with Crippen molar-refractivity contribution in [3.05, 3.63) is 48.2 Å². The van der Waals surface area contributed by atoms with Gasteiger partial charge in [-0.15, -0.1) is 6.58 Å². The zero-order valence-corrected chi connectivity index (χ0v) is 15.6. The van der Waals surface area contributed by atoms with Crippen molar-refractivity contribution in [3.63, 3.8) is 0 Å². The van der Waals surface area contributed by atoms with E-state index < -0.39 is 22.2 Å². The molecule has 0 spiro atoms. The highest BCUT2D eigenvalue weighted by atomic mass is 16.2. The monoisotopic (exact) mass is 349 g/mol. The number of nitrogens with zero attached hydrogens (tertiary/aromatic N) is 1. The van der Waals surface area contributed by atoms with Crippen molar-refractivity contribution in [1.29, 1.82) is 0 Å². The number of allylic oxidation sites excluding steroid dienone is 1. The molecule has 2 bridgehead atoms. The number of hydrogen-bond acceptors (Lipinski definition) is 3. The Morgan fingerprint density at radius 3 is 2.50 bits per heavy atom. The third kappa shape index (κ3) is 1.55. The molecule has 134 valence electrons. The molecular formula is C22H23NO3. The summed E-state index contributed by atoms with van der Waals surface area (Å²) in [5.41, 5.74) is -0.700. The Bertz CT molecular complexity index is 1010. The summed E-state index contributed by atoms with van der Waals surface area (Å²) in [6.45, 7) is 9.53. The van der Waals surface area contributed by atoms with E-state index in [-0.39, 0.29) is 18.0 Å². The van der Waals surface area contributed by atoms with E-state index in [0.717, 1.165) is 16.5 Å². The lowest BCUT2D eigenvalue weighted by Gasteiger charge is -2.48. The summed E-state index contributed by atoms with van der Waals surface area (Å²) >= 11 is 0. The van der Waals surface area contributed by atoms with Crippen LogP contribution < -0.4 is 0 Å². The van der Waals surface area contributed by atoms with Crippen molar-refractivity contribution in [1.82, 2.24) is 4.57 Å². The molecule has 1 fully saturated rings. The fourth-order valence-corrected chi connectivity index (χ4v) is 5.20. The van der Waals surface area contributed by atoms with Gasteiger partial charge in [0.1, 0.15) is 17.5 Å². The molecule has 1 aromatic carbocycles. The second kappa shape index (κ2) is 4.81. The zero-order valence-electron chi connectivity index (χ0n) is 15.6. The summed E-state index contributed by atoms with van der Waals surface area (Å²) in [5.74, 6) is -0.791. The van der Waals surface area contributed by atoms with Gasteiger partial charge in [-0.1, -0.05) is 32.1 Å². The van der Waals surface area contributed by atoms with Crippen LogP contribution in [0, 0.1) is 11.3 Å². The number of aromatic nitrogens is 1. The smallest absolute Gasteiger partial charge is 0.156 e. The average Bonchev–Trinajstić information content (AvgIpc) is 2.95. The van der Waals surface area contributed by atoms with Crippen LogP contribution in [0.25, 0.3) is 10.9 Å². The number of Topliss-reactive ketones (excluding diaryl/α,β-unsaturated/α-hetero) is 2. The molecule has 2 aromatic rings. The van der Waals surface area contributed by atoms with E-state index in [4.69, 9.17) is 0 Å². The first-order valence-electron chi connectivity index (χ1n) is 8.93. The van der Waals surface area contributed by atoms with Crippen LogP contribution in [-0.2, 0) is 32.3 Å². The minimum Gasteiger partial charge on any atom is -0.350 e. The molecule has 0 N–H and O–H groups in total. The summed E-state index contributed by atoms with van der Waals surface area (Å²) in [6.07, 6.45) is 4.37. The van der Waals surface area contributed by atoms with Crippen LogP contribution in [-0.4, -0.2) is 22.4 Å². The lowest BCUT2D eigenvalue weighted by atomic mass is 9.49. The second-order valence-electron chi connectivity index (χ2n) is 8.45. The maximum Gasteiger partial charge on any atom is 0.156 e. The number of fused-ring (bicyclic) bond motifs is 3. The van der Waals surface area contributed by atoms with Crippen LogP contribution in [0.4, 0.5) is 0 Å². The summed E-state index contributed by atoms with van der Waals surface area (Å²) in [6, 6.07) is 5.68. The predicted octanol–water partition coefficient (Wildman–Crippen LogP) is 3.26. The maximum atomic E-state index is 13.8. The number of hydrogen-bond donors (Lipinski definition) is 0. The molecule has 0 amide bonds. The van der Waals surface area contributed by atoms with Crippen molar-refractivity contribution in [3.8, 4) is 0 Å². The highest BCUT2D eigenvalue weighted by Crippen LogP contribution is 2.58. The molecule has 4 nitrogen and oxygen atoms in total. The number of carbonyl (C=O) groups excluding carboxylic acids is 3. The molecule has 0 aliphatic heterocycles. The normalized spacial score (nSPS) is 32.4. The van der Waals surface area contributed by atoms with Gasteiger partial charge >= 0.3 is 0 Å². The van der Waals surface area contributed by atoms with E-state index in [0.29, 0.717) is 11.8 Å². The number of aldehydes is 1. The third-order valence-corrected chi connectivity index (χ3v) is 7.08. The van der Waals surface area contributed by atoms with Crippen LogP contribution in [0.2, 0.25) is 0 Å². The van der Waals surface area contributed by atoms with Crippen molar-refractivity contribution in [2.45, 2.75) is 38.0 Å². The summed E-state index contributed by atoms with van der Waals surface area (Å²) in [4.78, 5) is 39.6. The van der Waals surface area contributed by atoms with Gasteiger partial charge in [0.15, 0.2) is 5.78 Å². The molecule has 0 radical (unpaired) electrons. The van der Waals surface area contributed by atoms with E-state index >= 15 is 0 Å². The Morgan fingerprint density at radius 2 is 1.88 bits per heavy atom. The molecule has 0 saturated heterocycles. The predicted molar refractivity (Wildman–Crippen MR) is 100 cm³/mol. The Hall–Kier alpha value is -2.49. The molecule has 4 heteroatoms. The van der Waals surface area contributed by atoms with Gasteiger partial charge in [0.05, 0.1) is 5.41 Å². The molecule has 26 heavy (non-hydrogen) atoms. The number of ketones is 2. The minimum atomic E-state index is -1.53. The van der Waals surface area contributed by atoms with Gasteiger partial charge in [-0.2, -0.15) is 0 Å². The van der Waals surface area contributed by atoms with Crippen molar-refractivity contribution in [2.24, 2.45) is 18.4 Å². The number of benzene rings is 1. The molecule has 2 aliphatic rings. The summed E-state index contributed by atoms with van der Waals surface area (Å²) in [5, 5.41) is 0.922. The quantitative estimate of drug-likeness (QED) is 0.475. The van der Waals surface area contributed by atoms with E-state index in [9.17, 15) is 14.4 Å². The Labute approximate surface area is 152 Å². The van der Waals surface area contributed by atoms with Gasteiger partial charge in [-0.25, -0.2) is 0 Å². The van der Waals surface area contributed by atoms with Crippen LogP contribution in [0.15, 0.2) is 37.1 Å². The fourth-order valence-electron chi connectivity index (χ4n) is 5.20. The molecule has 1 heterocycles. The van der Waals surface area contributed by atoms with Crippen LogP contribution in [0.3, 0.4) is 0 Å². The van der Waals surface area contributed by atoms with Crippen LogP contribution in [0.5, 0.6) is 0 Å². The highest BCUT2D eigenvalue weighted by Gasteiger charge is 2.66. The Morgan fingerprint density at radius 1 is 1.19 bits per heavy atom. The molecule has 3 atom stereocenters. The average molecular weight is 349 g/mol. The summed E-state index contributed by atoms with van der Waals surface area (Å²) < 4.78 is 2.03. The molecule has 4 rings (SSSR count). The zero-order chi connectivity index (χ0) is 19.1. The lowest BCUT2D eigenvalue weighted by molar-refractivity contribution is -0.152. The van der Waals surface area contributed by atoms with Gasteiger partial charge in [-0.3, -0.25) is 9.59 Å². The van der Waals surface area contributed by atoms with Gasteiger partial charge in [0.25, 0.3) is 0 Å². The van der Waals surface area contributed by atoms with E-state index in [2.05, 4.69) is 6.58 Å². The molecule has 2 aliphatic carbocycles. The molecule has 1 saturated carbocycles. The van der Waals surface area contributed by atoms with Crippen molar-refractivity contribution in [2.75, 3.05) is 0 Å². The van der Waals surface area contributed by atoms with Crippen LogP contribution >= 0.6 is 0 Å². The first-order chi connectivity index (χ1) is 12.2. The second-order valence-corrected chi connectivity index (χ2v) is 8.45. The lowest BCUT2D eigenvalue weighted by Crippen LogP contribution is -2.62. The van der Waals surface area contributed by atoms with E-state index in [1.807, 2.05) is 49.9 Å². The topological polar surface area (TPSA) is 56.1 Å².